The Balaban J connectivity index is 1.51. The molecule has 6 atom stereocenters. The zero-order valence-electron chi connectivity index (χ0n) is 18.9. The maximum Gasteiger partial charge on any atom is 0.408 e. The first-order valence-corrected chi connectivity index (χ1v) is 12.4. The van der Waals surface area contributed by atoms with Crippen molar-refractivity contribution in [3.63, 3.8) is 0 Å². The number of amides is 2. The van der Waals surface area contributed by atoms with Gasteiger partial charge >= 0.3 is 6.09 Å². The number of carbonyl (C=O) groups excluding carboxylic acids is 1. The van der Waals surface area contributed by atoms with Crippen LogP contribution in [-0.2, 0) is 4.79 Å². The fourth-order valence-electron chi connectivity index (χ4n) is 7.21. The van der Waals surface area contributed by atoms with E-state index in [1.807, 2.05) is 30.3 Å². The molecule has 8 heteroatoms. The minimum atomic E-state index is -1.47. The molecule has 33 heavy (non-hydrogen) atoms. The zero-order valence-corrected chi connectivity index (χ0v) is 18.9. The number of aliphatic hydroxyl groups excluding tert-OH is 1. The topological polar surface area (TPSA) is 93.1 Å². The number of carbonyl (C=O) groups is 2. The van der Waals surface area contributed by atoms with E-state index in [0.29, 0.717) is 32.2 Å². The second kappa shape index (κ2) is 8.78. The number of nitrogens with one attached hydrogen (secondary N) is 1. The number of carboxylic acid groups (broad SMARTS) is 1. The van der Waals surface area contributed by atoms with Gasteiger partial charge in [-0.25, -0.2) is 9.18 Å². The number of piperidine rings is 2. The number of hydrogen-bond acceptors (Lipinski definition) is 4. The molecular formula is C25H34FN3O4. The van der Waals surface area contributed by atoms with E-state index < -0.39 is 36.0 Å². The summed E-state index contributed by atoms with van der Waals surface area (Å²) in [6.45, 7) is 0.437. The Hall–Kier alpha value is -2.35. The van der Waals surface area contributed by atoms with Crippen molar-refractivity contribution in [2.75, 3.05) is 11.4 Å². The van der Waals surface area contributed by atoms with Gasteiger partial charge in [0.15, 0.2) is 6.30 Å². The number of halogens is 1. The molecule has 5 rings (SSSR count). The van der Waals surface area contributed by atoms with E-state index in [9.17, 15) is 19.8 Å². The van der Waals surface area contributed by atoms with E-state index in [2.05, 4.69) is 5.32 Å². The van der Waals surface area contributed by atoms with Gasteiger partial charge in [0.2, 0.25) is 5.91 Å². The van der Waals surface area contributed by atoms with Crippen LogP contribution in [0, 0.1) is 11.8 Å². The molecule has 1 saturated carbocycles. The predicted molar refractivity (Wildman–Crippen MR) is 122 cm³/mol. The maximum absolute atomic E-state index is 16.5. The van der Waals surface area contributed by atoms with E-state index >= 15 is 4.39 Å². The van der Waals surface area contributed by atoms with Gasteiger partial charge < -0.3 is 20.4 Å². The van der Waals surface area contributed by atoms with Gasteiger partial charge in [0.05, 0.1) is 17.6 Å². The molecule has 0 spiro atoms. The second-order valence-corrected chi connectivity index (χ2v) is 10.4. The Morgan fingerprint density at radius 1 is 1.09 bits per heavy atom. The average molecular weight is 460 g/mol. The standard InChI is InChI=1S/C25H34FN3O4/c26-22-21(25-12-10-18(14-19(30)15-25)29(25)24(32)33)20(27-23(31)16-6-4-5-7-16)11-13-28(22)17-8-2-1-3-9-17/h1-3,8-9,16,18-22,30H,4-7,10-15H2,(H,27,31)(H,32,33). The summed E-state index contributed by atoms with van der Waals surface area (Å²) in [5, 5.41) is 23.9. The lowest BCUT2D eigenvalue weighted by atomic mass is 9.69. The molecule has 3 aliphatic heterocycles. The summed E-state index contributed by atoms with van der Waals surface area (Å²) >= 11 is 0. The number of nitrogens with zero attached hydrogens (tertiary/aromatic N) is 2. The number of hydrogen-bond donors (Lipinski definition) is 3. The van der Waals surface area contributed by atoms with Crippen molar-refractivity contribution in [1.82, 2.24) is 10.2 Å². The molecule has 2 amide bonds. The molecule has 1 aliphatic carbocycles. The first-order valence-electron chi connectivity index (χ1n) is 12.4. The van der Waals surface area contributed by atoms with E-state index in [1.54, 1.807) is 4.90 Å². The highest BCUT2D eigenvalue weighted by molar-refractivity contribution is 5.79. The number of para-hydroxylation sites is 1. The fraction of sp³-hybridized carbons (Fsp3) is 0.680. The Bertz CT molecular complexity index is 880. The highest BCUT2D eigenvalue weighted by Gasteiger charge is 2.63. The average Bonchev–Trinajstić information content (AvgIpc) is 3.40. The van der Waals surface area contributed by atoms with Crippen molar-refractivity contribution in [1.29, 1.82) is 0 Å². The number of anilines is 1. The maximum atomic E-state index is 16.5. The van der Waals surface area contributed by atoms with Crippen LogP contribution in [-0.4, -0.2) is 63.7 Å². The van der Waals surface area contributed by atoms with Gasteiger partial charge in [-0.3, -0.25) is 9.69 Å². The third kappa shape index (κ3) is 3.86. The first kappa shape index (κ1) is 22.4. The predicted octanol–water partition coefficient (Wildman–Crippen LogP) is 3.52. The van der Waals surface area contributed by atoms with Crippen molar-refractivity contribution in [2.45, 2.75) is 87.8 Å². The van der Waals surface area contributed by atoms with Crippen molar-refractivity contribution < 1.29 is 24.2 Å². The van der Waals surface area contributed by atoms with E-state index in [-0.39, 0.29) is 24.3 Å². The minimum absolute atomic E-state index is 0.0351. The summed E-state index contributed by atoms with van der Waals surface area (Å²) < 4.78 is 16.5. The largest absolute Gasteiger partial charge is 0.465 e. The molecule has 1 aromatic carbocycles. The molecule has 3 heterocycles. The lowest BCUT2D eigenvalue weighted by Gasteiger charge is -2.55. The van der Waals surface area contributed by atoms with Crippen molar-refractivity contribution in [2.24, 2.45) is 11.8 Å². The van der Waals surface area contributed by atoms with Gasteiger partial charge in [-0.05, 0) is 57.1 Å². The molecule has 3 N–H and O–H groups in total. The van der Waals surface area contributed by atoms with Crippen LogP contribution in [0.2, 0.25) is 0 Å². The summed E-state index contributed by atoms with van der Waals surface area (Å²) in [4.78, 5) is 28.6. The van der Waals surface area contributed by atoms with Gasteiger partial charge in [-0.2, -0.15) is 0 Å². The molecule has 2 bridgehead atoms. The Morgan fingerprint density at radius 3 is 2.52 bits per heavy atom. The van der Waals surface area contributed by atoms with Gasteiger partial charge in [-0.1, -0.05) is 31.0 Å². The molecule has 4 aliphatic rings. The van der Waals surface area contributed by atoms with Gasteiger partial charge in [0.25, 0.3) is 0 Å². The summed E-state index contributed by atoms with van der Waals surface area (Å²) in [7, 11) is 0. The monoisotopic (exact) mass is 459 g/mol. The third-order valence-corrected chi connectivity index (χ3v) is 8.57. The summed E-state index contributed by atoms with van der Waals surface area (Å²) in [5.74, 6) is -0.836. The first-order chi connectivity index (χ1) is 15.9. The molecule has 0 radical (unpaired) electrons. The van der Waals surface area contributed by atoms with Crippen LogP contribution in [0.25, 0.3) is 0 Å². The Morgan fingerprint density at radius 2 is 1.82 bits per heavy atom. The molecule has 4 fully saturated rings. The molecule has 7 nitrogen and oxygen atoms in total. The number of fused-ring (bicyclic) bond motifs is 2. The highest BCUT2D eigenvalue weighted by atomic mass is 19.1. The fourth-order valence-corrected chi connectivity index (χ4v) is 7.21. The number of aliphatic hydroxyl groups is 1. The van der Waals surface area contributed by atoms with Crippen LogP contribution in [0.4, 0.5) is 14.9 Å². The molecule has 1 aromatic rings. The van der Waals surface area contributed by atoms with Crippen LogP contribution >= 0.6 is 0 Å². The van der Waals surface area contributed by atoms with Crippen LogP contribution < -0.4 is 10.2 Å². The molecule has 6 unspecified atom stereocenters. The van der Waals surface area contributed by atoms with Gasteiger partial charge in [0.1, 0.15) is 0 Å². The minimum Gasteiger partial charge on any atom is -0.465 e. The quantitative estimate of drug-likeness (QED) is 0.599. The molecule has 3 saturated heterocycles. The SMILES string of the molecule is O=C(NC1CCN(c2ccccc2)C(F)C1C12CCC(CC(O)C1)N2C(=O)O)C1CCCC1. The number of rotatable bonds is 4. The smallest absolute Gasteiger partial charge is 0.408 e. The summed E-state index contributed by atoms with van der Waals surface area (Å²) in [6.07, 6.45) is 2.82. The molecule has 180 valence electrons. The Labute approximate surface area is 193 Å². The normalized spacial score (nSPS) is 36.7. The Kier molecular flexibility index (Phi) is 5.97. The van der Waals surface area contributed by atoms with Crippen molar-refractivity contribution in [3.8, 4) is 0 Å². The number of alkyl halides is 1. The second-order valence-electron chi connectivity index (χ2n) is 10.4. The lowest BCUT2D eigenvalue weighted by Crippen LogP contribution is -2.69. The molecule has 0 aromatic heterocycles. The highest BCUT2D eigenvalue weighted by Crippen LogP contribution is 2.53. The van der Waals surface area contributed by atoms with Gasteiger partial charge in [-0.15, -0.1) is 0 Å². The van der Waals surface area contributed by atoms with Crippen molar-refractivity contribution >= 4 is 17.7 Å². The summed E-state index contributed by atoms with van der Waals surface area (Å²) in [5.41, 5.74) is -0.283. The summed E-state index contributed by atoms with van der Waals surface area (Å²) in [6, 6.07) is 8.55. The van der Waals surface area contributed by atoms with Crippen LogP contribution in [0.1, 0.15) is 57.8 Å². The lowest BCUT2D eigenvalue weighted by molar-refractivity contribution is -0.128. The van der Waals surface area contributed by atoms with E-state index in [4.69, 9.17) is 0 Å². The van der Waals surface area contributed by atoms with Crippen LogP contribution in [0.15, 0.2) is 30.3 Å². The van der Waals surface area contributed by atoms with E-state index in [1.165, 1.54) is 4.90 Å². The van der Waals surface area contributed by atoms with Gasteiger partial charge in [0, 0.05) is 30.2 Å². The molecular weight excluding hydrogens is 425 g/mol. The third-order valence-electron chi connectivity index (χ3n) is 8.57. The van der Waals surface area contributed by atoms with Crippen LogP contribution in [0.3, 0.4) is 0 Å². The number of benzene rings is 1. The van der Waals surface area contributed by atoms with E-state index in [0.717, 1.165) is 31.4 Å². The zero-order chi connectivity index (χ0) is 23.2. The van der Waals surface area contributed by atoms with Crippen molar-refractivity contribution in [3.05, 3.63) is 30.3 Å². The van der Waals surface area contributed by atoms with Crippen LogP contribution in [0.5, 0.6) is 0 Å².